The van der Waals surface area contributed by atoms with Gasteiger partial charge < -0.3 is 9.64 Å². The van der Waals surface area contributed by atoms with Gasteiger partial charge in [0, 0.05) is 7.05 Å². The highest BCUT2D eigenvalue weighted by Gasteiger charge is 2.27. The fourth-order valence-electron chi connectivity index (χ4n) is 2.94. The third-order valence-electron chi connectivity index (χ3n) is 4.22. The molecule has 1 aromatic rings. The summed E-state index contributed by atoms with van der Waals surface area (Å²) >= 11 is 0. The number of esters is 1. The average molecular weight is 319 g/mol. The quantitative estimate of drug-likeness (QED) is 0.725. The Morgan fingerprint density at radius 2 is 1.83 bits per heavy atom. The second-order valence-corrected chi connectivity index (χ2v) is 5.93. The number of likely N-dealkylation sites (N-methyl/N-ethyl adjacent to an activating group) is 1. The highest BCUT2D eigenvalue weighted by molar-refractivity contribution is 5.86. The molecule has 23 heavy (non-hydrogen) atoms. The smallest absolute Gasteiger partial charge is 0.328 e. The lowest BCUT2D eigenvalue weighted by atomic mass is 9.94. The molecule has 0 aliphatic carbocycles. The molecule has 1 rings (SSSR count). The van der Waals surface area contributed by atoms with Crippen LogP contribution in [0.1, 0.15) is 49.4 Å². The monoisotopic (exact) mass is 319 g/mol. The van der Waals surface area contributed by atoms with Crippen molar-refractivity contribution in [2.45, 2.75) is 59.9 Å². The van der Waals surface area contributed by atoms with E-state index in [1.54, 1.807) is 14.0 Å². The largest absolute Gasteiger partial charge is 0.464 e. The maximum Gasteiger partial charge on any atom is 0.328 e. The minimum atomic E-state index is -0.515. The fraction of sp³-hybridized carbons (Fsp3) is 0.579. The number of hydrogen-bond acceptors (Lipinski definition) is 3. The fourth-order valence-corrected chi connectivity index (χ4v) is 2.94. The number of benzene rings is 1. The van der Waals surface area contributed by atoms with E-state index in [4.69, 9.17) is 4.74 Å². The molecule has 1 amide bonds. The topological polar surface area (TPSA) is 46.6 Å². The third kappa shape index (κ3) is 4.81. The lowest BCUT2D eigenvalue weighted by Crippen LogP contribution is -2.43. The Kier molecular flexibility index (Phi) is 7.27. The first kappa shape index (κ1) is 19.2. The van der Waals surface area contributed by atoms with Crippen molar-refractivity contribution in [3.8, 4) is 0 Å². The van der Waals surface area contributed by atoms with Gasteiger partial charge in [-0.15, -0.1) is 0 Å². The molecule has 1 atom stereocenters. The zero-order chi connectivity index (χ0) is 17.6. The van der Waals surface area contributed by atoms with Crippen molar-refractivity contribution in [1.82, 2.24) is 4.90 Å². The van der Waals surface area contributed by atoms with Crippen LogP contribution < -0.4 is 0 Å². The Balaban J connectivity index is 2.96. The van der Waals surface area contributed by atoms with Gasteiger partial charge in [0.1, 0.15) is 6.04 Å². The summed E-state index contributed by atoms with van der Waals surface area (Å²) in [4.78, 5) is 26.2. The number of amides is 1. The van der Waals surface area contributed by atoms with Crippen molar-refractivity contribution in [3.05, 3.63) is 34.4 Å². The number of carbonyl (C=O) groups is 2. The summed E-state index contributed by atoms with van der Waals surface area (Å²) < 4.78 is 5.07. The molecule has 0 radical (unpaired) electrons. The highest BCUT2D eigenvalue weighted by atomic mass is 16.5. The van der Waals surface area contributed by atoms with Gasteiger partial charge in [0.2, 0.25) is 5.91 Å². The Labute approximate surface area is 139 Å². The SMILES string of the molecule is CCOC(=O)C(CC)N(C)C(=O)Cc1c(C)cc(C)cc1CC. The van der Waals surface area contributed by atoms with Crippen molar-refractivity contribution < 1.29 is 14.3 Å². The Bertz CT molecular complexity index is 566. The molecule has 0 fully saturated rings. The summed E-state index contributed by atoms with van der Waals surface area (Å²) in [7, 11) is 1.68. The van der Waals surface area contributed by atoms with E-state index >= 15 is 0 Å². The van der Waals surface area contributed by atoms with Gasteiger partial charge in [-0.05, 0) is 50.3 Å². The molecule has 0 saturated carbocycles. The summed E-state index contributed by atoms with van der Waals surface area (Å²) in [6, 6.07) is 3.72. The highest BCUT2D eigenvalue weighted by Crippen LogP contribution is 2.20. The molecule has 0 aliphatic rings. The van der Waals surface area contributed by atoms with Crippen LogP contribution in [0.2, 0.25) is 0 Å². The van der Waals surface area contributed by atoms with E-state index < -0.39 is 6.04 Å². The summed E-state index contributed by atoms with van der Waals surface area (Å²) in [5, 5.41) is 0. The second kappa shape index (κ2) is 8.70. The van der Waals surface area contributed by atoms with Crippen LogP contribution in [-0.2, 0) is 27.2 Å². The first-order valence-corrected chi connectivity index (χ1v) is 8.36. The number of ether oxygens (including phenoxy) is 1. The normalized spacial score (nSPS) is 11.9. The van der Waals surface area contributed by atoms with E-state index in [9.17, 15) is 9.59 Å². The molecular weight excluding hydrogens is 290 g/mol. The summed E-state index contributed by atoms with van der Waals surface area (Å²) in [6.07, 6.45) is 1.76. The molecule has 0 saturated heterocycles. The molecule has 0 aromatic heterocycles. The number of nitrogens with zero attached hydrogens (tertiary/aromatic N) is 1. The number of rotatable bonds is 7. The lowest BCUT2D eigenvalue weighted by molar-refractivity contribution is -0.153. The molecule has 1 unspecified atom stereocenters. The van der Waals surface area contributed by atoms with Gasteiger partial charge in [0.25, 0.3) is 0 Å². The predicted molar refractivity (Wildman–Crippen MR) is 92.5 cm³/mol. The number of carbonyl (C=O) groups excluding carboxylic acids is 2. The number of aryl methyl sites for hydroxylation is 3. The van der Waals surface area contributed by atoms with Crippen LogP contribution in [0.3, 0.4) is 0 Å². The molecule has 128 valence electrons. The Morgan fingerprint density at radius 1 is 1.17 bits per heavy atom. The van der Waals surface area contributed by atoms with Gasteiger partial charge in [-0.2, -0.15) is 0 Å². The van der Waals surface area contributed by atoms with Gasteiger partial charge in [0.15, 0.2) is 0 Å². The maximum atomic E-state index is 12.6. The van der Waals surface area contributed by atoms with E-state index in [0.29, 0.717) is 19.4 Å². The van der Waals surface area contributed by atoms with E-state index in [1.165, 1.54) is 16.0 Å². The van der Waals surface area contributed by atoms with Crippen LogP contribution in [0.4, 0.5) is 0 Å². The minimum Gasteiger partial charge on any atom is -0.464 e. The molecule has 1 aromatic carbocycles. The maximum absolute atomic E-state index is 12.6. The zero-order valence-corrected chi connectivity index (χ0v) is 15.2. The van der Waals surface area contributed by atoms with Crippen molar-refractivity contribution in [2.24, 2.45) is 0 Å². The summed E-state index contributed by atoms with van der Waals surface area (Å²) in [5.41, 5.74) is 4.62. The first-order chi connectivity index (χ1) is 10.8. The predicted octanol–water partition coefficient (Wildman–Crippen LogP) is 3.21. The van der Waals surface area contributed by atoms with Crippen molar-refractivity contribution >= 4 is 11.9 Å². The summed E-state index contributed by atoms with van der Waals surface area (Å²) in [6.45, 7) is 10.2. The van der Waals surface area contributed by atoms with Crippen LogP contribution in [0.5, 0.6) is 0 Å². The Hall–Kier alpha value is -1.84. The summed E-state index contributed by atoms with van der Waals surface area (Å²) in [5.74, 6) is -0.381. The van der Waals surface area contributed by atoms with Gasteiger partial charge in [-0.3, -0.25) is 4.79 Å². The van der Waals surface area contributed by atoms with Crippen LogP contribution in [0.25, 0.3) is 0 Å². The van der Waals surface area contributed by atoms with E-state index in [2.05, 4.69) is 26.0 Å². The molecule has 0 aliphatic heterocycles. The molecule has 0 heterocycles. The molecular formula is C19H29NO3. The van der Waals surface area contributed by atoms with Crippen molar-refractivity contribution in [1.29, 1.82) is 0 Å². The molecule has 0 bridgehead atoms. The van der Waals surface area contributed by atoms with Crippen LogP contribution in [0.15, 0.2) is 12.1 Å². The van der Waals surface area contributed by atoms with Crippen molar-refractivity contribution in [2.75, 3.05) is 13.7 Å². The molecule has 4 heteroatoms. The van der Waals surface area contributed by atoms with Crippen LogP contribution in [-0.4, -0.2) is 36.5 Å². The van der Waals surface area contributed by atoms with Crippen LogP contribution in [0, 0.1) is 13.8 Å². The van der Waals surface area contributed by atoms with Gasteiger partial charge >= 0.3 is 5.97 Å². The lowest BCUT2D eigenvalue weighted by Gasteiger charge is -2.26. The van der Waals surface area contributed by atoms with Crippen LogP contribution >= 0.6 is 0 Å². The zero-order valence-electron chi connectivity index (χ0n) is 15.2. The second-order valence-electron chi connectivity index (χ2n) is 5.93. The first-order valence-electron chi connectivity index (χ1n) is 8.36. The molecule has 0 N–H and O–H groups in total. The third-order valence-corrected chi connectivity index (χ3v) is 4.22. The van der Waals surface area contributed by atoms with E-state index in [-0.39, 0.29) is 11.9 Å². The van der Waals surface area contributed by atoms with Crippen molar-refractivity contribution in [3.63, 3.8) is 0 Å². The average Bonchev–Trinajstić information content (AvgIpc) is 2.50. The molecule has 4 nitrogen and oxygen atoms in total. The number of hydrogen-bond donors (Lipinski definition) is 0. The van der Waals surface area contributed by atoms with Gasteiger partial charge in [-0.25, -0.2) is 4.79 Å². The van der Waals surface area contributed by atoms with E-state index in [0.717, 1.165) is 17.5 Å². The van der Waals surface area contributed by atoms with Gasteiger partial charge in [0.05, 0.1) is 13.0 Å². The van der Waals surface area contributed by atoms with Gasteiger partial charge in [-0.1, -0.05) is 31.5 Å². The molecule has 0 spiro atoms. The Morgan fingerprint density at radius 3 is 2.35 bits per heavy atom. The van der Waals surface area contributed by atoms with E-state index in [1.807, 2.05) is 13.8 Å². The minimum absolute atomic E-state index is 0.0495. The standard InChI is InChI=1S/C19H29NO3/c1-7-15-11-13(4)10-14(5)16(15)12-18(21)20(6)17(8-2)19(22)23-9-3/h10-11,17H,7-9,12H2,1-6H3.